The normalized spacial score (nSPS) is 22.2. The van der Waals surface area contributed by atoms with Crippen molar-refractivity contribution in [3.8, 4) is 0 Å². The van der Waals surface area contributed by atoms with Gasteiger partial charge in [-0.2, -0.15) is 0 Å². The molecule has 0 aromatic heterocycles. The van der Waals surface area contributed by atoms with Crippen molar-refractivity contribution >= 4 is 51.3 Å². The Hall–Kier alpha value is -5.16. The Labute approximate surface area is 345 Å². The predicted octanol–water partition coefficient (Wildman–Crippen LogP) is 2.12. The number of Topliss-reactive ketones (excluding diaryl/α,β-unsaturated/α-hetero) is 1. The SMILES string of the molecule is CCCC(NC(=O)C1C[C@@H]2CN1C(=O)C(C1CCCCC1)NC(=O)CCc1ccc(cc1)S(=O)(=O)N2)C(=O)C(=O)NCC(=O)N[C@H](C(=O)OC(C)(C)C)c1ccccc1. The average Bonchev–Trinajstić information content (AvgIpc) is 3.62. The minimum absolute atomic E-state index is 0.0137. The minimum atomic E-state index is -4.08. The van der Waals surface area contributed by atoms with Gasteiger partial charge in [-0.05, 0) is 82.1 Å². The van der Waals surface area contributed by atoms with Crippen LogP contribution in [-0.2, 0) is 54.7 Å². The van der Waals surface area contributed by atoms with Crippen molar-refractivity contribution in [1.82, 2.24) is 30.9 Å². The summed E-state index contributed by atoms with van der Waals surface area (Å²) in [5.41, 5.74) is 0.357. The lowest BCUT2D eigenvalue weighted by molar-refractivity contribution is -0.158. The lowest BCUT2D eigenvalue weighted by Crippen LogP contribution is -2.58. The summed E-state index contributed by atoms with van der Waals surface area (Å²) in [6.07, 6.45) is 4.75. The van der Waals surface area contributed by atoms with E-state index in [9.17, 15) is 42.0 Å². The van der Waals surface area contributed by atoms with E-state index in [1.807, 2.05) is 0 Å². The third-order valence-electron chi connectivity index (χ3n) is 10.7. The zero-order valence-corrected chi connectivity index (χ0v) is 34.9. The summed E-state index contributed by atoms with van der Waals surface area (Å²) in [6, 6.07) is 8.90. The third-order valence-corrected chi connectivity index (χ3v) is 12.2. The Bertz CT molecular complexity index is 1980. The van der Waals surface area contributed by atoms with Gasteiger partial charge in [-0.15, -0.1) is 0 Å². The molecule has 3 unspecified atom stereocenters. The summed E-state index contributed by atoms with van der Waals surface area (Å²) in [7, 11) is -4.08. The van der Waals surface area contributed by atoms with Gasteiger partial charge in [0.25, 0.3) is 5.91 Å². The van der Waals surface area contributed by atoms with Crippen LogP contribution in [0.4, 0.5) is 0 Å². The molecule has 2 fully saturated rings. The van der Waals surface area contributed by atoms with Crippen molar-refractivity contribution < 1.29 is 46.7 Å². The first-order valence-electron chi connectivity index (χ1n) is 20.4. The van der Waals surface area contributed by atoms with Crippen LogP contribution >= 0.6 is 0 Å². The van der Waals surface area contributed by atoms with Gasteiger partial charge in [0.1, 0.15) is 17.7 Å². The summed E-state index contributed by atoms with van der Waals surface area (Å²) in [6.45, 7) is 5.94. The molecule has 4 bridgehead atoms. The monoisotopic (exact) mass is 836 g/mol. The maximum absolute atomic E-state index is 14.5. The maximum Gasteiger partial charge on any atom is 0.333 e. The van der Waals surface area contributed by atoms with Crippen LogP contribution in [0.15, 0.2) is 59.5 Å². The van der Waals surface area contributed by atoms with E-state index >= 15 is 0 Å². The fourth-order valence-electron chi connectivity index (χ4n) is 7.79. The molecule has 1 saturated carbocycles. The second-order valence-corrected chi connectivity index (χ2v) is 18.2. The van der Waals surface area contributed by atoms with E-state index in [-0.39, 0.29) is 42.5 Å². The van der Waals surface area contributed by atoms with E-state index in [0.717, 1.165) is 24.8 Å². The van der Waals surface area contributed by atoms with Crippen molar-refractivity contribution in [3.63, 3.8) is 0 Å². The Morgan fingerprint density at radius 3 is 2.24 bits per heavy atom. The number of nitrogens with one attached hydrogen (secondary N) is 5. The number of fused-ring (bicyclic) bond motifs is 8. The number of esters is 1. The van der Waals surface area contributed by atoms with Crippen molar-refractivity contribution in [2.24, 2.45) is 5.92 Å². The average molecular weight is 837 g/mol. The summed E-state index contributed by atoms with van der Waals surface area (Å²) in [4.78, 5) is 96.0. The van der Waals surface area contributed by atoms with Crippen LogP contribution < -0.4 is 26.0 Å². The molecule has 4 aliphatic rings. The fourth-order valence-corrected chi connectivity index (χ4v) is 9.03. The molecule has 5 atom stereocenters. The molecule has 5 amide bonds. The topological polar surface area (TPSA) is 226 Å². The quantitative estimate of drug-likeness (QED) is 0.155. The number of ether oxygens (including phenoxy) is 1. The van der Waals surface area contributed by atoms with Gasteiger partial charge >= 0.3 is 5.97 Å². The highest BCUT2D eigenvalue weighted by molar-refractivity contribution is 7.89. The second-order valence-electron chi connectivity index (χ2n) is 16.5. The Kier molecular flexibility index (Phi) is 15.0. The molecule has 59 heavy (non-hydrogen) atoms. The summed E-state index contributed by atoms with van der Waals surface area (Å²) in [5.74, 6) is -5.55. The van der Waals surface area contributed by atoms with E-state index in [4.69, 9.17) is 4.74 Å². The number of nitrogens with zero attached hydrogens (tertiary/aromatic N) is 1. The molecule has 2 aromatic rings. The van der Waals surface area contributed by atoms with Gasteiger partial charge in [-0.3, -0.25) is 28.8 Å². The van der Waals surface area contributed by atoms with Crippen LogP contribution in [0.25, 0.3) is 0 Å². The van der Waals surface area contributed by atoms with Gasteiger partial charge in [0.15, 0.2) is 6.04 Å². The molecule has 5 N–H and O–H groups in total. The number of amides is 5. The molecule has 0 spiro atoms. The highest BCUT2D eigenvalue weighted by atomic mass is 32.2. The molecule has 3 heterocycles. The van der Waals surface area contributed by atoms with Crippen LogP contribution in [-0.4, -0.2) is 97.5 Å². The van der Waals surface area contributed by atoms with Crippen molar-refractivity contribution in [2.45, 2.75) is 133 Å². The Balaban J connectivity index is 1.32. The number of hydrogen-bond acceptors (Lipinski definition) is 10. The van der Waals surface area contributed by atoms with Crippen molar-refractivity contribution in [3.05, 3.63) is 65.7 Å². The van der Waals surface area contributed by atoms with Crippen LogP contribution in [0.2, 0.25) is 0 Å². The first kappa shape index (κ1) is 44.9. The number of ketones is 1. The fraction of sp³-hybridized carbons (Fsp3) is 0.548. The molecule has 16 nitrogen and oxygen atoms in total. The molecule has 3 aliphatic heterocycles. The van der Waals surface area contributed by atoms with E-state index in [2.05, 4.69) is 26.0 Å². The smallest absolute Gasteiger partial charge is 0.333 e. The molecule has 1 aliphatic carbocycles. The number of hydrogen-bond donors (Lipinski definition) is 5. The highest BCUT2D eigenvalue weighted by Gasteiger charge is 2.46. The standard InChI is InChI=1S/C42H56N6O10S/c1-5-12-31(37(51)39(53)43-24-34(50)46-36(28-15-10-7-11-16-28)41(55)58-42(2,3)4)44-38(52)32-23-29-25-48(32)40(54)35(27-13-8-6-9-14-27)45-33(49)22-19-26-17-20-30(21-18-26)59(56,57)47-29/h7,10-11,15-18,20-21,27,29,31-32,35-36,47H,5-6,8-9,12-14,19,22-25H2,1-4H3,(H,43,53)(H,44,52)(H,45,49)(H,46,50)/t29-,31?,32?,35?,36+/m1/s1. The van der Waals surface area contributed by atoms with Crippen LogP contribution in [0, 0.1) is 5.92 Å². The molecule has 2 aromatic carbocycles. The number of benzene rings is 2. The Morgan fingerprint density at radius 1 is 0.915 bits per heavy atom. The zero-order valence-electron chi connectivity index (χ0n) is 34.1. The van der Waals surface area contributed by atoms with E-state index in [1.165, 1.54) is 17.0 Å². The molecular formula is C42H56N6O10S. The van der Waals surface area contributed by atoms with E-state index < -0.39 is 87.8 Å². The zero-order chi connectivity index (χ0) is 42.9. The molecule has 6 rings (SSSR count). The van der Waals surface area contributed by atoms with Gasteiger partial charge in [-0.25, -0.2) is 17.9 Å². The molecule has 320 valence electrons. The van der Waals surface area contributed by atoms with Crippen molar-refractivity contribution in [2.75, 3.05) is 13.1 Å². The highest BCUT2D eigenvalue weighted by Crippen LogP contribution is 2.30. The molecule has 17 heteroatoms. The van der Waals surface area contributed by atoms with Crippen LogP contribution in [0.3, 0.4) is 0 Å². The lowest BCUT2D eigenvalue weighted by Gasteiger charge is -2.35. The van der Waals surface area contributed by atoms with E-state index in [1.54, 1.807) is 70.2 Å². The van der Waals surface area contributed by atoms with Gasteiger partial charge in [0, 0.05) is 19.0 Å². The maximum atomic E-state index is 14.5. The number of sulfonamides is 1. The number of rotatable bonds is 12. The largest absolute Gasteiger partial charge is 0.458 e. The number of carbonyl (C=O) groups is 7. The number of carbonyl (C=O) groups excluding carboxylic acids is 7. The first-order chi connectivity index (χ1) is 28.0. The first-order valence-corrected chi connectivity index (χ1v) is 21.8. The molecular weight excluding hydrogens is 781 g/mol. The van der Waals surface area contributed by atoms with Gasteiger partial charge in [-0.1, -0.05) is 75.1 Å². The summed E-state index contributed by atoms with van der Waals surface area (Å²) in [5, 5.41) is 10.4. The molecule has 0 radical (unpaired) electrons. The van der Waals surface area contributed by atoms with Gasteiger partial charge < -0.3 is 30.9 Å². The predicted molar refractivity (Wildman–Crippen MR) is 216 cm³/mol. The lowest BCUT2D eigenvalue weighted by atomic mass is 9.83. The van der Waals surface area contributed by atoms with E-state index in [0.29, 0.717) is 31.2 Å². The summed E-state index contributed by atoms with van der Waals surface area (Å²) >= 11 is 0. The van der Waals surface area contributed by atoms with Crippen molar-refractivity contribution in [1.29, 1.82) is 0 Å². The van der Waals surface area contributed by atoms with Gasteiger partial charge in [0.2, 0.25) is 39.4 Å². The molecule has 1 saturated heterocycles. The number of aryl methyl sites for hydroxylation is 1. The third kappa shape index (κ3) is 12.2. The van der Waals surface area contributed by atoms with Crippen LogP contribution in [0.5, 0.6) is 0 Å². The summed E-state index contributed by atoms with van der Waals surface area (Å²) < 4.78 is 35.1. The Morgan fingerprint density at radius 2 is 1.59 bits per heavy atom. The minimum Gasteiger partial charge on any atom is -0.458 e. The second kappa shape index (κ2) is 19.7. The van der Waals surface area contributed by atoms with Gasteiger partial charge in [0.05, 0.1) is 17.5 Å². The van der Waals surface area contributed by atoms with Crippen LogP contribution in [0.1, 0.15) is 103 Å².